The SMILES string of the molecule is CC(C)CC(NC(=O)OC(C)(C)C)C(=O)NC(CCCN=C(N)N)C(=O)NC(CCCN=C(N)N)C(=O)Nc1ccc2c(C(F)(F)F)cc(=O)oc2c1. The lowest BCUT2D eigenvalue weighted by Crippen LogP contribution is -2.56. The standard InChI is InChI=1S/C33H49F3N10O7/c1-17(2)14-23(46-31(51)53-32(3,4)5)28(50)45-22(9-7-13-42-30(39)40)27(49)44-21(8-6-12-41-29(37)38)26(48)43-18-10-11-19-20(33(34,35)36)16-25(47)52-24(19)15-18/h10-11,15-17,21-23H,6-9,12-14H2,1-5H3,(H,43,48)(H,44,49)(H,45,50)(H,46,51)(H4,37,38,41)(H4,39,40,42). The molecule has 53 heavy (non-hydrogen) atoms. The zero-order valence-electron chi connectivity index (χ0n) is 30.3. The molecule has 0 aliphatic rings. The molecule has 0 aliphatic carbocycles. The lowest BCUT2D eigenvalue weighted by atomic mass is 10.0. The van der Waals surface area contributed by atoms with Crippen LogP contribution in [0.5, 0.6) is 0 Å². The van der Waals surface area contributed by atoms with E-state index in [9.17, 15) is 37.1 Å². The number of nitrogens with zero attached hydrogens (tertiary/aromatic N) is 2. The van der Waals surface area contributed by atoms with Crippen LogP contribution in [-0.2, 0) is 25.3 Å². The predicted molar refractivity (Wildman–Crippen MR) is 192 cm³/mol. The number of alkyl halides is 3. The molecule has 3 atom stereocenters. The van der Waals surface area contributed by atoms with Crippen molar-refractivity contribution in [3.8, 4) is 0 Å². The number of aliphatic imine (C=N–C) groups is 2. The average molecular weight is 755 g/mol. The van der Waals surface area contributed by atoms with Crippen molar-refractivity contribution in [2.24, 2.45) is 38.8 Å². The van der Waals surface area contributed by atoms with Crippen molar-refractivity contribution in [3.05, 3.63) is 40.2 Å². The smallest absolute Gasteiger partial charge is 0.417 e. The molecule has 2 aromatic rings. The molecular formula is C33H49F3N10O7. The largest absolute Gasteiger partial charge is 0.444 e. The Morgan fingerprint density at radius 1 is 0.811 bits per heavy atom. The Kier molecular flexibility index (Phi) is 15.9. The predicted octanol–water partition coefficient (Wildman–Crippen LogP) is 1.77. The average Bonchev–Trinajstić information content (AvgIpc) is 3.00. The van der Waals surface area contributed by atoms with Gasteiger partial charge in [0.1, 0.15) is 29.3 Å². The number of ether oxygens (including phenoxy) is 1. The molecule has 294 valence electrons. The number of amides is 4. The number of rotatable bonds is 17. The molecule has 17 nitrogen and oxygen atoms in total. The van der Waals surface area contributed by atoms with Crippen molar-refractivity contribution in [1.82, 2.24) is 16.0 Å². The molecule has 0 aliphatic heterocycles. The van der Waals surface area contributed by atoms with Crippen LogP contribution in [0.2, 0.25) is 0 Å². The van der Waals surface area contributed by atoms with E-state index in [1.807, 2.05) is 13.8 Å². The zero-order chi connectivity index (χ0) is 40.1. The van der Waals surface area contributed by atoms with Crippen molar-refractivity contribution >= 4 is 52.4 Å². The van der Waals surface area contributed by atoms with Gasteiger partial charge in [0.2, 0.25) is 17.7 Å². The van der Waals surface area contributed by atoms with Gasteiger partial charge in [-0.2, -0.15) is 13.2 Å². The summed E-state index contributed by atoms with van der Waals surface area (Å²) in [4.78, 5) is 73.1. The summed E-state index contributed by atoms with van der Waals surface area (Å²) in [5, 5.41) is 9.90. The number of carbonyl (C=O) groups is 4. The van der Waals surface area contributed by atoms with Gasteiger partial charge >= 0.3 is 17.9 Å². The summed E-state index contributed by atoms with van der Waals surface area (Å²) in [6.07, 6.45) is -5.11. The molecule has 0 saturated carbocycles. The number of halogens is 3. The van der Waals surface area contributed by atoms with Crippen molar-refractivity contribution in [1.29, 1.82) is 0 Å². The summed E-state index contributed by atoms with van der Waals surface area (Å²) in [6, 6.07) is -0.0611. The minimum Gasteiger partial charge on any atom is -0.444 e. The molecule has 0 radical (unpaired) electrons. The Hall–Kier alpha value is -5.56. The Morgan fingerprint density at radius 3 is 1.83 bits per heavy atom. The molecule has 0 bridgehead atoms. The van der Waals surface area contributed by atoms with Crippen LogP contribution in [-0.4, -0.2) is 72.5 Å². The van der Waals surface area contributed by atoms with E-state index >= 15 is 0 Å². The highest BCUT2D eigenvalue weighted by Gasteiger charge is 2.34. The van der Waals surface area contributed by atoms with E-state index in [0.717, 1.165) is 12.1 Å². The molecular weight excluding hydrogens is 705 g/mol. The van der Waals surface area contributed by atoms with Gasteiger partial charge in [0.25, 0.3) is 0 Å². The van der Waals surface area contributed by atoms with E-state index in [2.05, 4.69) is 31.3 Å². The number of hydrogen-bond donors (Lipinski definition) is 8. The number of anilines is 1. The summed E-state index contributed by atoms with van der Waals surface area (Å²) in [5.74, 6) is -2.73. The number of carbonyl (C=O) groups excluding carboxylic acids is 4. The maximum atomic E-state index is 13.8. The molecule has 0 spiro atoms. The third-order valence-electron chi connectivity index (χ3n) is 7.19. The van der Waals surface area contributed by atoms with Crippen LogP contribution in [0.15, 0.2) is 43.5 Å². The number of fused-ring (bicyclic) bond motifs is 1. The summed E-state index contributed by atoms with van der Waals surface area (Å²) < 4.78 is 50.9. The van der Waals surface area contributed by atoms with E-state index < -0.39 is 75.9 Å². The van der Waals surface area contributed by atoms with Gasteiger partial charge in [-0.15, -0.1) is 0 Å². The number of hydrogen-bond acceptors (Lipinski definition) is 9. The highest BCUT2D eigenvalue weighted by atomic mass is 19.4. The van der Waals surface area contributed by atoms with Gasteiger partial charge in [0, 0.05) is 36.3 Å². The van der Waals surface area contributed by atoms with E-state index in [-0.39, 0.29) is 68.7 Å². The lowest BCUT2D eigenvalue weighted by Gasteiger charge is -2.27. The van der Waals surface area contributed by atoms with Crippen LogP contribution in [0.25, 0.3) is 11.0 Å². The van der Waals surface area contributed by atoms with Crippen LogP contribution in [0, 0.1) is 5.92 Å². The number of benzene rings is 1. The molecule has 20 heteroatoms. The number of alkyl carbamates (subject to hydrolysis) is 1. The highest BCUT2D eigenvalue weighted by Crippen LogP contribution is 2.34. The van der Waals surface area contributed by atoms with E-state index in [1.165, 1.54) is 6.07 Å². The maximum absolute atomic E-state index is 13.8. The quantitative estimate of drug-likeness (QED) is 0.0498. The van der Waals surface area contributed by atoms with Crippen LogP contribution < -0.4 is 49.8 Å². The van der Waals surface area contributed by atoms with E-state index in [1.54, 1.807) is 20.8 Å². The first-order valence-electron chi connectivity index (χ1n) is 16.7. The zero-order valence-corrected chi connectivity index (χ0v) is 30.3. The van der Waals surface area contributed by atoms with Gasteiger partial charge in [-0.1, -0.05) is 13.8 Å². The van der Waals surface area contributed by atoms with Crippen molar-refractivity contribution < 1.29 is 41.5 Å². The molecule has 1 aromatic heterocycles. The molecule has 1 heterocycles. The Balaban J connectivity index is 2.40. The molecule has 3 unspecified atom stereocenters. The number of guanidine groups is 2. The molecule has 1 aromatic carbocycles. The van der Waals surface area contributed by atoms with Gasteiger partial charge < -0.3 is 53.4 Å². The van der Waals surface area contributed by atoms with Gasteiger partial charge in [-0.25, -0.2) is 9.59 Å². The van der Waals surface area contributed by atoms with Crippen LogP contribution in [0.4, 0.5) is 23.7 Å². The molecule has 4 amide bonds. The molecule has 12 N–H and O–H groups in total. The first-order valence-corrected chi connectivity index (χ1v) is 16.7. The summed E-state index contributed by atoms with van der Waals surface area (Å²) in [6.45, 7) is 8.82. The van der Waals surface area contributed by atoms with Gasteiger partial charge in [0.15, 0.2) is 11.9 Å². The minimum absolute atomic E-state index is 0.00275. The second-order valence-electron chi connectivity index (χ2n) is 13.5. The topological polar surface area (TPSA) is 285 Å². The van der Waals surface area contributed by atoms with Crippen LogP contribution in [0.3, 0.4) is 0 Å². The normalized spacial score (nSPS) is 13.3. The third kappa shape index (κ3) is 15.7. The highest BCUT2D eigenvalue weighted by molar-refractivity contribution is 6.00. The molecule has 0 fully saturated rings. The molecule has 0 saturated heterocycles. The monoisotopic (exact) mass is 754 g/mol. The second kappa shape index (κ2) is 19.3. The fourth-order valence-corrected chi connectivity index (χ4v) is 4.95. The van der Waals surface area contributed by atoms with Gasteiger partial charge in [0.05, 0.1) is 5.56 Å². The van der Waals surface area contributed by atoms with Crippen molar-refractivity contribution in [3.63, 3.8) is 0 Å². The first kappa shape index (κ1) is 43.6. The van der Waals surface area contributed by atoms with E-state index in [0.29, 0.717) is 6.07 Å². The van der Waals surface area contributed by atoms with Crippen molar-refractivity contribution in [2.45, 2.75) is 96.6 Å². The van der Waals surface area contributed by atoms with Crippen LogP contribution in [0.1, 0.15) is 72.3 Å². The van der Waals surface area contributed by atoms with Gasteiger partial charge in [-0.05, 0) is 70.9 Å². The maximum Gasteiger partial charge on any atom is 0.417 e. The fourth-order valence-electron chi connectivity index (χ4n) is 4.95. The summed E-state index contributed by atoms with van der Waals surface area (Å²) in [7, 11) is 0. The Labute approximate surface area is 303 Å². The first-order chi connectivity index (χ1) is 24.5. The summed E-state index contributed by atoms with van der Waals surface area (Å²) in [5.41, 5.74) is 17.9. The Bertz CT molecular complexity index is 1710. The third-order valence-corrected chi connectivity index (χ3v) is 7.19. The Morgan fingerprint density at radius 2 is 1.34 bits per heavy atom. The molecule has 2 rings (SSSR count). The van der Waals surface area contributed by atoms with E-state index in [4.69, 9.17) is 32.1 Å². The van der Waals surface area contributed by atoms with Gasteiger partial charge in [-0.3, -0.25) is 24.4 Å². The number of nitrogens with two attached hydrogens (primary N) is 4. The van der Waals surface area contributed by atoms with Crippen molar-refractivity contribution in [2.75, 3.05) is 18.4 Å². The summed E-state index contributed by atoms with van der Waals surface area (Å²) >= 11 is 0. The number of nitrogens with one attached hydrogen (secondary N) is 4. The minimum atomic E-state index is -4.85. The lowest BCUT2D eigenvalue weighted by molar-refractivity contribution is -0.136. The second-order valence-corrected chi connectivity index (χ2v) is 13.5. The van der Waals surface area contributed by atoms with Crippen LogP contribution >= 0.6 is 0 Å². The fraction of sp³-hybridized carbons (Fsp3) is 0.545.